The fraction of sp³-hybridized carbons (Fsp3) is 0. The molecule has 0 aliphatic carbocycles. The van der Waals surface area contributed by atoms with Gasteiger partial charge in [-0.3, -0.25) is 4.79 Å². The molecular weight excluding hydrogens is 199 g/mol. The van der Waals surface area contributed by atoms with E-state index < -0.39 is 0 Å². The largest absolute Gasteiger partial charge is 0.478 e. The van der Waals surface area contributed by atoms with Crippen molar-refractivity contribution in [3.8, 4) is 5.75 Å². The van der Waals surface area contributed by atoms with Crippen LogP contribution in [0.5, 0.6) is 5.75 Å². The van der Waals surface area contributed by atoms with Crippen molar-refractivity contribution in [3.05, 3.63) is 34.9 Å². The van der Waals surface area contributed by atoms with Crippen LogP contribution >= 0.6 is 23.2 Å². The van der Waals surface area contributed by atoms with Gasteiger partial charge in [0.25, 0.3) is 0 Å². The van der Waals surface area contributed by atoms with Gasteiger partial charge in [0, 0.05) is 6.07 Å². The molecule has 0 aliphatic rings. The van der Waals surface area contributed by atoms with Gasteiger partial charge < -0.3 is 4.74 Å². The first-order chi connectivity index (χ1) is 5.74. The zero-order chi connectivity index (χ0) is 8.97. The van der Waals surface area contributed by atoms with Crippen LogP contribution in [0.1, 0.15) is 0 Å². The lowest BCUT2D eigenvalue weighted by atomic mass is 10.3. The average molecular weight is 204 g/mol. The second-order valence-electron chi connectivity index (χ2n) is 1.97. The van der Waals surface area contributed by atoms with Crippen molar-refractivity contribution in [1.82, 2.24) is 0 Å². The van der Waals surface area contributed by atoms with Crippen LogP contribution in [0.25, 0.3) is 0 Å². The Morgan fingerprint density at radius 1 is 1.25 bits per heavy atom. The predicted octanol–water partition coefficient (Wildman–Crippen LogP) is 2.73. The molecule has 0 saturated carbocycles. The van der Waals surface area contributed by atoms with Crippen molar-refractivity contribution in [3.63, 3.8) is 0 Å². The third-order valence-corrected chi connectivity index (χ3v) is 1.89. The lowest BCUT2D eigenvalue weighted by Gasteiger charge is -2.01. The quantitative estimate of drug-likeness (QED) is 0.707. The summed E-state index contributed by atoms with van der Waals surface area (Å²) in [5, 5.41) is 0.851. The Labute approximate surface area is 80.0 Å². The van der Waals surface area contributed by atoms with Crippen LogP contribution in [-0.2, 0) is 4.79 Å². The Morgan fingerprint density at radius 2 is 2.00 bits per heavy atom. The van der Waals surface area contributed by atoms with Gasteiger partial charge in [-0.15, -0.1) is 0 Å². The van der Waals surface area contributed by atoms with Crippen LogP contribution in [-0.4, -0.2) is 6.29 Å². The first kappa shape index (κ1) is 9.36. The molecule has 0 spiro atoms. The molecule has 0 aromatic heterocycles. The van der Waals surface area contributed by atoms with E-state index in [2.05, 4.69) is 0 Å². The molecule has 12 heavy (non-hydrogen) atoms. The second kappa shape index (κ2) is 4.33. The predicted molar refractivity (Wildman–Crippen MR) is 47.5 cm³/mol. The molecular formula is C8H5Cl2O2. The zero-order valence-corrected chi connectivity index (χ0v) is 7.47. The van der Waals surface area contributed by atoms with Gasteiger partial charge in [0.1, 0.15) is 5.75 Å². The van der Waals surface area contributed by atoms with Crippen molar-refractivity contribution in [2.45, 2.75) is 0 Å². The summed E-state index contributed by atoms with van der Waals surface area (Å²) in [6.45, 7) is 1.03. The number of carbonyl (C=O) groups excluding carboxylic acids is 1. The van der Waals surface area contributed by atoms with Gasteiger partial charge in [-0.05, 0) is 12.1 Å². The van der Waals surface area contributed by atoms with E-state index in [4.69, 9.17) is 27.9 Å². The minimum Gasteiger partial charge on any atom is -0.478 e. The molecule has 63 valence electrons. The van der Waals surface area contributed by atoms with Crippen LogP contribution in [0.15, 0.2) is 18.2 Å². The third-order valence-electron chi connectivity index (χ3n) is 1.15. The van der Waals surface area contributed by atoms with E-state index in [1.807, 2.05) is 0 Å². The number of ether oxygens (including phenoxy) is 1. The number of benzene rings is 1. The number of aldehydes is 1. The van der Waals surface area contributed by atoms with Gasteiger partial charge in [0.15, 0.2) is 12.9 Å². The van der Waals surface area contributed by atoms with Gasteiger partial charge in [-0.1, -0.05) is 23.2 Å². The molecule has 2 nitrogen and oxygen atoms in total. The van der Waals surface area contributed by atoms with E-state index in [1.54, 1.807) is 12.1 Å². The number of halogens is 2. The summed E-state index contributed by atoms with van der Waals surface area (Å²) in [4.78, 5) is 9.89. The van der Waals surface area contributed by atoms with Crippen molar-refractivity contribution in [2.24, 2.45) is 0 Å². The minimum atomic E-state index is 0.397. The number of rotatable bonds is 3. The normalized spacial score (nSPS) is 9.50. The topological polar surface area (TPSA) is 26.3 Å². The highest BCUT2D eigenvalue weighted by atomic mass is 35.5. The molecule has 4 heteroatoms. The molecule has 1 radical (unpaired) electrons. The molecule has 0 heterocycles. The van der Waals surface area contributed by atoms with Gasteiger partial charge >= 0.3 is 0 Å². The Bertz CT molecular complexity index is 286. The third kappa shape index (κ3) is 2.40. The number of hydrogen-bond donors (Lipinski definition) is 0. The fourth-order valence-corrected chi connectivity index (χ4v) is 0.945. The van der Waals surface area contributed by atoms with Gasteiger partial charge in [-0.25, -0.2) is 0 Å². The lowest BCUT2D eigenvalue weighted by Crippen LogP contribution is -1.89. The van der Waals surface area contributed by atoms with Crippen LogP contribution in [0, 0.1) is 6.61 Å². The van der Waals surface area contributed by atoms with Crippen molar-refractivity contribution in [1.29, 1.82) is 0 Å². The summed E-state index contributed by atoms with van der Waals surface area (Å²) in [6.07, 6.45) is 0.544. The van der Waals surface area contributed by atoms with Crippen LogP contribution < -0.4 is 4.74 Å². The first-order valence-corrected chi connectivity index (χ1v) is 3.88. The highest BCUT2D eigenvalue weighted by Crippen LogP contribution is 2.26. The van der Waals surface area contributed by atoms with E-state index in [0.29, 0.717) is 22.1 Å². The maximum Gasteiger partial charge on any atom is 0.197 e. The smallest absolute Gasteiger partial charge is 0.197 e. The van der Waals surface area contributed by atoms with Crippen molar-refractivity contribution >= 4 is 29.5 Å². The van der Waals surface area contributed by atoms with E-state index in [-0.39, 0.29) is 0 Å². The van der Waals surface area contributed by atoms with Crippen LogP contribution in [0.2, 0.25) is 10.0 Å². The maximum absolute atomic E-state index is 9.89. The maximum atomic E-state index is 9.89. The van der Waals surface area contributed by atoms with E-state index in [1.165, 1.54) is 6.07 Å². The summed E-state index contributed by atoms with van der Waals surface area (Å²) < 4.78 is 4.85. The Balaban J connectivity index is 2.75. The molecule has 0 amide bonds. The highest BCUT2D eigenvalue weighted by molar-refractivity contribution is 6.42. The Kier molecular flexibility index (Phi) is 3.38. The summed E-state index contributed by atoms with van der Waals surface area (Å²) >= 11 is 11.3. The van der Waals surface area contributed by atoms with E-state index >= 15 is 0 Å². The average Bonchev–Trinajstić information content (AvgIpc) is 2.07. The molecule has 0 fully saturated rings. The standard InChI is InChI=1S/C8H5Cl2O2/c9-7-2-1-6(5-8(7)10)12-4-3-11/h1-5H. The van der Waals surface area contributed by atoms with Gasteiger partial charge in [0.05, 0.1) is 10.0 Å². The SMILES string of the molecule is O=C[CH]Oc1ccc(Cl)c(Cl)c1. The molecule has 0 saturated heterocycles. The molecule has 1 aromatic carbocycles. The molecule has 0 aliphatic heterocycles. The summed E-state index contributed by atoms with van der Waals surface area (Å²) in [7, 11) is 0. The lowest BCUT2D eigenvalue weighted by molar-refractivity contribution is -0.107. The van der Waals surface area contributed by atoms with Gasteiger partial charge in [-0.2, -0.15) is 0 Å². The molecule has 1 rings (SSSR count). The minimum absolute atomic E-state index is 0.397. The second-order valence-corrected chi connectivity index (χ2v) is 2.78. The summed E-state index contributed by atoms with van der Waals surface area (Å²) in [5.74, 6) is 0.483. The number of carbonyl (C=O) groups is 1. The Hall–Kier alpha value is -0.730. The molecule has 1 aromatic rings. The highest BCUT2D eigenvalue weighted by Gasteiger charge is 1.99. The number of hydrogen-bond acceptors (Lipinski definition) is 2. The van der Waals surface area contributed by atoms with Gasteiger partial charge in [0.2, 0.25) is 0 Å². The van der Waals surface area contributed by atoms with Crippen molar-refractivity contribution in [2.75, 3.05) is 0 Å². The molecule has 0 bridgehead atoms. The molecule has 0 unspecified atom stereocenters. The zero-order valence-electron chi connectivity index (χ0n) is 5.96. The molecule has 0 atom stereocenters. The Morgan fingerprint density at radius 3 is 2.58 bits per heavy atom. The molecule has 0 N–H and O–H groups in total. The van der Waals surface area contributed by atoms with Crippen molar-refractivity contribution < 1.29 is 9.53 Å². The fourth-order valence-electron chi connectivity index (χ4n) is 0.657. The first-order valence-electron chi connectivity index (χ1n) is 3.12. The van der Waals surface area contributed by atoms with E-state index in [0.717, 1.165) is 6.61 Å². The van der Waals surface area contributed by atoms with Crippen LogP contribution in [0.3, 0.4) is 0 Å². The summed E-state index contributed by atoms with van der Waals surface area (Å²) in [5.41, 5.74) is 0. The van der Waals surface area contributed by atoms with Crippen LogP contribution in [0.4, 0.5) is 0 Å². The summed E-state index contributed by atoms with van der Waals surface area (Å²) in [6, 6.07) is 4.75. The van der Waals surface area contributed by atoms with E-state index in [9.17, 15) is 4.79 Å². The monoisotopic (exact) mass is 203 g/mol.